The second-order valence-corrected chi connectivity index (χ2v) is 5.79. The maximum atomic E-state index is 11.7. The Hall–Kier alpha value is -0.890. The number of fused-ring (bicyclic) bond motifs is 1. The van der Waals surface area contributed by atoms with Gasteiger partial charge in [0.2, 0.25) is 11.8 Å². The zero-order chi connectivity index (χ0) is 12.6. The summed E-state index contributed by atoms with van der Waals surface area (Å²) in [7, 11) is 0. The average Bonchev–Trinajstić information content (AvgIpc) is 2.66. The van der Waals surface area contributed by atoms with E-state index in [1.807, 2.05) is 0 Å². The molecule has 3 atom stereocenters. The first-order valence-electron chi connectivity index (χ1n) is 5.01. The molecule has 2 rings (SSSR count). The van der Waals surface area contributed by atoms with Gasteiger partial charge in [0.15, 0.2) is 5.37 Å². The van der Waals surface area contributed by atoms with Gasteiger partial charge in [-0.2, -0.15) is 11.8 Å². The Labute approximate surface area is 106 Å². The van der Waals surface area contributed by atoms with Crippen LogP contribution in [0.4, 0.5) is 0 Å². The molecule has 0 spiro atoms. The van der Waals surface area contributed by atoms with Crippen LogP contribution in [0.2, 0.25) is 0 Å². The standard InChI is InChI=1S/C9H12N2O4S2/c1-16-3-5(12)10-6-4-2-17-8(9(14)15)11(4)7(6)13/h4,6,8H,2-3H2,1H3,(H,10,12)(H,14,15)/t4?,6-,8?/m0/s1. The molecule has 0 radical (unpaired) electrons. The molecule has 0 saturated carbocycles. The van der Waals surface area contributed by atoms with Gasteiger partial charge in [-0.1, -0.05) is 0 Å². The predicted molar refractivity (Wildman–Crippen MR) is 64.8 cm³/mol. The normalized spacial score (nSPS) is 30.8. The van der Waals surface area contributed by atoms with Crippen molar-refractivity contribution in [1.82, 2.24) is 10.2 Å². The lowest BCUT2D eigenvalue weighted by Crippen LogP contribution is -2.71. The van der Waals surface area contributed by atoms with Crippen molar-refractivity contribution in [2.75, 3.05) is 17.8 Å². The smallest absolute Gasteiger partial charge is 0.337 e. The number of thioether (sulfide) groups is 2. The number of aliphatic carboxylic acids is 1. The van der Waals surface area contributed by atoms with Crippen LogP contribution in [-0.4, -0.2) is 63.0 Å². The van der Waals surface area contributed by atoms with E-state index in [-0.39, 0.29) is 17.9 Å². The summed E-state index contributed by atoms with van der Waals surface area (Å²) in [6.45, 7) is 0. The van der Waals surface area contributed by atoms with Crippen LogP contribution >= 0.6 is 23.5 Å². The highest BCUT2D eigenvalue weighted by Gasteiger charge is 2.57. The van der Waals surface area contributed by atoms with Gasteiger partial charge in [-0.15, -0.1) is 11.8 Å². The van der Waals surface area contributed by atoms with E-state index in [0.29, 0.717) is 11.5 Å². The molecule has 17 heavy (non-hydrogen) atoms. The predicted octanol–water partition coefficient (Wildman–Crippen LogP) is -0.797. The molecule has 0 aromatic rings. The molecule has 6 nitrogen and oxygen atoms in total. The molecule has 0 aliphatic carbocycles. The number of amides is 2. The molecule has 2 aliphatic heterocycles. The second-order valence-electron chi connectivity index (χ2n) is 3.81. The van der Waals surface area contributed by atoms with Crippen LogP contribution < -0.4 is 5.32 Å². The Morgan fingerprint density at radius 1 is 1.65 bits per heavy atom. The Morgan fingerprint density at radius 3 is 2.94 bits per heavy atom. The second kappa shape index (κ2) is 4.77. The van der Waals surface area contributed by atoms with Crippen molar-refractivity contribution < 1.29 is 19.5 Å². The number of carboxylic acids is 1. The third-order valence-electron chi connectivity index (χ3n) is 2.74. The van der Waals surface area contributed by atoms with Crippen LogP contribution in [0.3, 0.4) is 0 Å². The highest BCUT2D eigenvalue weighted by Crippen LogP contribution is 2.38. The monoisotopic (exact) mass is 276 g/mol. The first-order valence-corrected chi connectivity index (χ1v) is 7.45. The molecule has 2 saturated heterocycles. The number of rotatable bonds is 4. The van der Waals surface area contributed by atoms with E-state index in [4.69, 9.17) is 5.11 Å². The molecule has 2 unspecified atom stereocenters. The van der Waals surface area contributed by atoms with Crippen LogP contribution in [-0.2, 0) is 14.4 Å². The molecule has 0 bridgehead atoms. The maximum Gasteiger partial charge on any atom is 0.337 e. The summed E-state index contributed by atoms with van der Waals surface area (Å²) in [4.78, 5) is 35.3. The molecule has 0 aromatic heterocycles. The zero-order valence-corrected chi connectivity index (χ0v) is 10.7. The molecule has 2 heterocycles. The summed E-state index contributed by atoms with van der Waals surface area (Å²) in [6, 6.07) is -0.703. The van der Waals surface area contributed by atoms with Gasteiger partial charge in [0.25, 0.3) is 0 Å². The molecular weight excluding hydrogens is 264 g/mol. The van der Waals surface area contributed by atoms with E-state index in [0.717, 1.165) is 0 Å². The minimum atomic E-state index is -1.00. The van der Waals surface area contributed by atoms with Gasteiger partial charge in [0, 0.05) is 5.75 Å². The number of carboxylic acid groups (broad SMARTS) is 1. The van der Waals surface area contributed by atoms with Gasteiger partial charge in [0.05, 0.1) is 11.8 Å². The molecule has 2 amide bonds. The quantitative estimate of drug-likeness (QED) is 0.654. The van der Waals surface area contributed by atoms with E-state index < -0.39 is 17.4 Å². The molecule has 2 fully saturated rings. The topological polar surface area (TPSA) is 86.7 Å². The van der Waals surface area contributed by atoms with Gasteiger partial charge in [-0.3, -0.25) is 9.59 Å². The summed E-state index contributed by atoms with van der Waals surface area (Å²) in [5.41, 5.74) is 0. The average molecular weight is 276 g/mol. The molecule has 0 aromatic carbocycles. The van der Waals surface area contributed by atoms with E-state index in [2.05, 4.69) is 5.32 Å². The van der Waals surface area contributed by atoms with Crippen molar-refractivity contribution in [3.63, 3.8) is 0 Å². The van der Waals surface area contributed by atoms with Crippen LogP contribution in [0, 0.1) is 0 Å². The Morgan fingerprint density at radius 2 is 2.35 bits per heavy atom. The first-order chi connectivity index (χ1) is 8.06. The Kier molecular flexibility index (Phi) is 3.53. The number of hydrogen-bond donors (Lipinski definition) is 2. The van der Waals surface area contributed by atoms with E-state index in [1.54, 1.807) is 6.26 Å². The molecular formula is C9H12N2O4S2. The zero-order valence-electron chi connectivity index (χ0n) is 9.08. The lowest BCUT2D eigenvalue weighted by atomic mass is 9.97. The molecule has 2 aliphatic rings. The molecule has 2 N–H and O–H groups in total. The van der Waals surface area contributed by atoms with Crippen LogP contribution in [0.25, 0.3) is 0 Å². The third kappa shape index (κ3) is 2.11. The first kappa shape index (κ1) is 12.6. The molecule has 8 heteroatoms. The fourth-order valence-corrected chi connectivity index (χ4v) is 3.64. The summed E-state index contributed by atoms with van der Waals surface area (Å²) in [6.07, 6.45) is 1.81. The van der Waals surface area contributed by atoms with Crippen LogP contribution in [0.15, 0.2) is 0 Å². The largest absolute Gasteiger partial charge is 0.479 e. The van der Waals surface area contributed by atoms with Gasteiger partial charge in [-0.25, -0.2) is 4.79 Å². The highest BCUT2D eigenvalue weighted by atomic mass is 32.2. The van der Waals surface area contributed by atoms with Gasteiger partial charge < -0.3 is 15.3 Å². The van der Waals surface area contributed by atoms with Crippen molar-refractivity contribution in [2.45, 2.75) is 17.5 Å². The van der Waals surface area contributed by atoms with Crippen molar-refractivity contribution in [3.8, 4) is 0 Å². The summed E-state index contributed by atoms with van der Waals surface area (Å²) in [5, 5.41) is 10.8. The maximum absolute atomic E-state index is 11.7. The minimum Gasteiger partial charge on any atom is -0.479 e. The number of carbonyl (C=O) groups is 3. The van der Waals surface area contributed by atoms with E-state index in [1.165, 1.54) is 28.4 Å². The number of nitrogens with zero attached hydrogens (tertiary/aromatic N) is 1. The van der Waals surface area contributed by atoms with Gasteiger partial charge >= 0.3 is 5.97 Å². The van der Waals surface area contributed by atoms with E-state index in [9.17, 15) is 14.4 Å². The summed E-state index contributed by atoms with van der Waals surface area (Å²) in [5.74, 6) is -0.597. The van der Waals surface area contributed by atoms with Gasteiger partial charge in [-0.05, 0) is 6.26 Å². The van der Waals surface area contributed by atoms with Crippen LogP contribution in [0.1, 0.15) is 0 Å². The highest BCUT2D eigenvalue weighted by molar-refractivity contribution is 8.00. The van der Waals surface area contributed by atoms with Crippen molar-refractivity contribution >= 4 is 41.3 Å². The SMILES string of the molecule is CSCC(=O)N[C@@H]1C(=O)N2C(C(=O)O)SCC12. The lowest BCUT2D eigenvalue weighted by molar-refractivity contribution is -0.159. The van der Waals surface area contributed by atoms with E-state index >= 15 is 0 Å². The Bertz CT molecular complexity index is 376. The number of carbonyl (C=O) groups excluding carboxylic acids is 2. The summed E-state index contributed by atoms with van der Waals surface area (Å²) < 4.78 is 0. The van der Waals surface area contributed by atoms with Crippen molar-refractivity contribution in [3.05, 3.63) is 0 Å². The fraction of sp³-hybridized carbons (Fsp3) is 0.667. The lowest BCUT2D eigenvalue weighted by Gasteiger charge is -2.43. The Balaban J connectivity index is 1.96. The third-order valence-corrected chi connectivity index (χ3v) is 4.57. The van der Waals surface area contributed by atoms with Crippen molar-refractivity contribution in [2.24, 2.45) is 0 Å². The van der Waals surface area contributed by atoms with Crippen molar-refractivity contribution in [1.29, 1.82) is 0 Å². The number of β-lactam (4-membered cyclic amide) rings is 1. The summed E-state index contributed by atoms with van der Waals surface area (Å²) >= 11 is 2.61. The van der Waals surface area contributed by atoms with Gasteiger partial charge in [0.1, 0.15) is 6.04 Å². The number of nitrogens with one attached hydrogen (secondary N) is 1. The molecule has 94 valence electrons. The minimum absolute atomic E-state index is 0.167. The fourth-order valence-electron chi connectivity index (χ4n) is 2.00. The number of hydrogen-bond acceptors (Lipinski definition) is 5. The van der Waals surface area contributed by atoms with Crippen LogP contribution in [0.5, 0.6) is 0 Å².